The van der Waals surface area contributed by atoms with Crippen LogP contribution in [0.25, 0.3) is 0 Å². The van der Waals surface area contributed by atoms with Crippen LogP contribution < -0.4 is 5.32 Å². The zero-order chi connectivity index (χ0) is 14.2. The predicted molar refractivity (Wildman–Crippen MR) is 79.2 cm³/mol. The van der Waals surface area contributed by atoms with Crippen LogP contribution in [0.4, 0.5) is 5.95 Å². The Morgan fingerprint density at radius 3 is 3.00 bits per heavy atom. The number of nitrogens with one attached hydrogen (secondary N) is 1. The molecule has 20 heavy (non-hydrogen) atoms. The van der Waals surface area contributed by atoms with Crippen molar-refractivity contribution in [3.63, 3.8) is 0 Å². The standard InChI is InChI=1S/C14H26N4O2/c1-13(12-17-7-10-20-11-8-17)18-6-5-16-14(18)15-4-3-9-19-2/h5-6,13H,3-4,7-12H2,1-2H3,(H,15,16). The Morgan fingerprint density at radius 1 is 1.45 bits per heavy atom. The first-order valence-corrected chi connectivity index (χ1v) is 7.37. The molecule has 1 unspecified atom stereocenters. The van der Waals surface area contributed by atoms with Crippen LogP contribution in [0.15, 0.2) is 12.4 Å². The van der Waals surface area contributed by atoms with E-state index in [0.29, 0.717) is 6.04 Å². The van der Waals surface area contributed by atoms with Gasteiger partial charge in [-0.25, -0.2) is 4.98 Å². The number of ether oxygens (including phenoxy) is 2. The Morgan fingerprint density at radius 2 is 2.25 bits per heavy atom. The van der Waals surface area contributed by atoms with Crippen LogP contribution in [0.2, 0.25) is 0 Å². The van der Waals surface area contributed by atoms with E-state index in [1.54, 1.807) is 7.11 Å². The molecule has 0 aromatic carbocycles. The highest BCUT2D eigenvalue weighted by molar-refractivity contribution is 5.26. The summed E-state index contributed by atoms with van der Waals surface area (Å²) in [6.45, 7) is 8.67. The molecule has 1 aliphatic rings. The SMILES string of the molecule is COCCCNc1nccn1C(C)CN1CCOCC1. The fraction of sp³-hybridized carbons (Fsp3) is 0.786. The minimum Gasteiger partial charge on any atom is -0.385 e. The second kappa shape index (κ2) is 8.24. The molecule has 0 radical (unpaired) electrons. The lowest BCUT2D eigenvalue weighted by atomic mass is 10.3. The number of nitrogens with zero attached hydrogens (tertiary/aromatic N) is 3. The molecular formula is C14H26N4O2. The molecule has 6 heteroatoms. The lowest BCUT2D eigenvalue weighted by molar-refractivity contribution is 0.0327. The molecule has 0 spiro atoms. The Balaban J connectivity index is 1.82. The Kier molecular flexibility index (Phi) is 6.29. The van der Waals surface area contributed by atoms with Gasteiger partial charge in [-0.15, -0.1) is 0 Å². The van der Waals surface area contributed by atoms with Crippen molar-refractivity contribution in [3.8, 4) is 0 Å². The molecule has 1 atom stereocenters. The number of methoxy groups -OCH3 is 1. The maximum Gasteiger partial charge on any atom is 0.203 e. The van der Waals surface area contributed by atoms with Crippen molar-refractivity contribution in [1.82, 2.24) is 14.5 Å². The van der Waals surface area contributed by atoms with Crippen LogP contribution in [0.1, 0.15) is 19.4 Å². The summed E-state index contributed by atoms with van der Waals surface area (Å²) in [7, 11) is 1.73. The van der Waals surface area contributed by atoms with E-state index in [1.807, 2.05) is 12.4 Å². The van der Waals surface area contributed by atoms with Gasteiger partial charge in [-0.05, 0) is 13.3 Å². The van der Waals surface area contributed by atoms with Crippen molar-refractivity contribution >= 4 is 5.95 Å². The molecule has 1 aliphatic heterocycles. The third-order valence-corrected chi connectivity index (χ3v) is 3.58. The fourth-order valence-corrected chi connectivity index (χ4v) is 2.47. The lowest BCUT2D eigenvalue weighted by Gasteiger charge is -2.30. The first kappa shape index (κ1) is 15.3. The summed E-state index contributed by atoms with van der Waals surface area (Å²) in [5.41, 5.74) is 0. The fourth-order valence-electron chi connectivity index (χ4n) is 2.47. The average Bonchev–Trinajstić information content (AvgIpc) is 2.93. The minimum atomic E-state index is 0.403. The van der Waals surface area contributed by atoms with Gasteiger partial charge in [0, 0.05) is 58.3 Å². The number of hydrogen-bond acceptors (Lipinski definition) is 5. The van der Waals surface area contributed by atoms with Crippen LogP contribution in [-0.2, 0) is 9.47 Å². The normalized spacial score (nSPS) is 18.1. The molecule has 1 saturated heterocycles. The number of imidazole rings is 1. The second-order valence-corrected chi connectivity index (χ2v) is 5.19. The first-order chi connectivity index (χ1) is 9.81. The van der Waals surface area contributed by atoms with Crippen LogP contribution in [0.3, 0.4) is 0 Å². The van der Waals surface area contributed by atoms with Crippen LogP contribution in [0, 0.1) is 0 Å². The largest absolute Gasteiger partial charge is 0.385 e. The van der Waals surface area contributed by atoms with Crippen LogP contribution in [0.5, 0.6) is 0 Å². The monoisotopic (exact) mass is 282 g/mol. The third kappa shape index (κ3) is 4.47. The van der Waals surface area contributed by atoms with E-state index in [0.717, 1.165) is 58.4 Å². The molecule has 0 amide bonds. The number of rotatable bonds is 8. The zero-order valence-corrected chi connectivity index (χ0v) is 12.5. The van der Waals surface area contributed by atoms with E-state index in [2.05, 4.69) is 26.7 Å². The molecule has 1 N–H and O–H groups in total. The van der Waals surface area contributed by atoms with Crippen LogP contribution in [-0.4, -0.2) is 67.6 Å². The van der Waals surface area contributed by atoms with Crippen molar-refractivity contribution < 1.29 is 9.47 Å². The minimum absolute atomic E-state index is 0.403. The van der Waals surface area contributed by atoms with Crippen molar-refractivity contribution in [3.05, 3.63) is 12.4 Å². The molecule has 1 aromatic heterocycles. The molecule has 2 rings (SSSR count). The van der Waals surface area contributed by atoms with Crippen molar-refractivity contribution in [2.45, 2.75) is 19.4 Å². The Labute approximate surface area is 121 Å². The average molecular weight is 282 g/mol. The third-order valence-electron chi connectivity index (χ3n) is 3.58. The van der Waals surface area contributed by atoms with Gasteiger partial charge in [-0.2, -0.15) is 0 Å². The van der Waals surface area contributed by atoms with E-state index in [-0.39, 0.29) is 0 Å². The first-order valence-electron chi connectivity index (χ1n) is 7.37. The summed E-state index contributed by atoms with van der Waals surface area (Å²) in [5, 5.41) is 3.37. The molecule has 1 fully saturated rings. The summed E-state index contributed by atoms with van der Waals surface area (Å²) in [6, 6.07) is 0.403. The number of anilines is 1. The van der Waals surface area contributed by atoms with Crippen molar-refractivity contribution in [2.24, 2.45) is 0 Å². The van der Waals surface area contributed by atoms with Gasteiger partial charge in [0.05, 0.1) is 13.2 Å². The maximum atomic E-state index is 5.39. The van der Waals surface area contributed by atoms with Gasteiger partial charge in [0.25, 0.3) is 0 Å². The molecular weight excluding hydrogens is 256 g/mol. The second-order valence-electron chi connectivity index (χ2n) is 5.19. The van der Waals surface area contributed by atoms with E-state index in [1.165, 1.54) is 0 Å². The van der Waals surface area contributed by atoms with Gasteiger partial charge >= 0.3 is 0 Å². The number of morpholine rings is 1. The van der Waals surface area contributed by atoms with Gasteiger partial charge < -0.3 is 19.4 Å². The Hall–Kier alpha value is -1.11. The van der Waals surface area contributed by atoms with Crippen molar-refractivity contribution in [2.75, 3.05) is 58.4 Å². The quantitative estimate of drug-likeness (QED) is 0.727. The molecule has 0 aliphatic carbocycles. The molecule has 2 heterocycles. The highest BCUT2D eigenvalue weighted by atomic mass is 16.5. The van der Waals surface area contributed by atoms with Gasteiger partial charge in [0.15, 0.2) is 0 Å². The molecule has 1 aromatic rings. The van der Waals surface area contributed by atoms with Gasteiger partial charge in [-0.3, -0.25) is 4.90 Å². The molecule has 0 saturated carbocycles. The van der Waals surface area contributed by atoms with E-state index < -0.39 is 0 Å². The zero-order valence-electron chi connectivity index (χ0n) is 12.5. The predicted octanol–water partition coefficient (Wildman–Crippen LogP) is 1.22. The Bertz CT molecular complexity index is 377. The van der Waals surface area contributed by atoms with Gasteiger partial charge in [-0.1, -0.05) is 0 Å². The molecule has 114 valence electrons. The summed E-state index contributed by atoms with van der Waals surface area (Å²) in [4.78, 5) is 6.84. The molecule has 0 bridgehead atoms. The smallest absolute Gasteiger partial charge is 0.203 e. The topological polar surface area (TPSA) is 51.5 Å². The summed E-state index contributed by atoms with van der Waals surface area (Å²) in [5.74, 6) is 0.946. The van der Waals surface area contributed by atoms with E-state index in [9.17, 15) is 0 Å². The van der Waals surface area contributed by atoms with Gasteiger partial charge in [0.2, 0.25) is 5.95 Å². The van der Waals surface area contributed by atoms with E-state index in [4.69, 9.17) is 9.47 Å². The summed E-state index contributed by atoms with van der Waals surface area (Å²) < 4.78 is 12.7. The van der Waals surface area contributed by atoms with Gasteiger partial charge in [0.1, 0.15) is 0 Å². The number of aromatic nitrogens is 2. The summed E-state index contributed by atoms with van der Waals surface area (Å²) >= 11 is 0. The lowest BCUT2D eigenvalue weighted by Crippen LogP contribution is -2.39. The highest BCUT2D eigenvalue weighted by Crippen LogP contribution is 2.15. The summed E-state index contributed by atoms with van der Waals surface area (Å²) in [6.07, 6.45) is 4.89. The van der Waals surface area contributed by atoms with E-state index >= 15 is 0 Å². The maximum absolute atomic E-state index is 5.39. The van der Waals surface area contributed by atoms with Crippen LogP contribution >= 0.6 is 0 Å². The van der Waals surface area contributed by atoms with Crippen molar-refractivity contribution in [1.29, 1.82) is 0 Å². The number of hydrogen-bond donors (Lipinski definition) is 1. The molecule has 6 nitrogen and oxygen atoms in total. The highest BCUT2D eigenvalue weighted by Gasteiger charge is 2.16.